The number of unbranched alkanes of at least 4 members (excludes halogenated alkanes) is 20. The lowest BCUT2D eigenvalue weighted by Crippen LogP contribution is -2.39. The third-order valence-corrected chi connectivity index (χ3v) is 12.0. The summed E-state index contributed by atoms with van der Waals surface area (Å²) in [5.74, 6) is 0.0436. The topological polar surface area (TPSA) is 73.9 Å². The molecule has 0 saturated carbocycles. The van der Waals surface area contributed by atoms with Gasteiger partial charge in [-0.3, -0.25) is 9.59 Å². The molecule has 326 valence electrons. The molecule has 0 bridgehead atoms. The van der Waals surface area contributed by atoms with E-state index in [9.17, 15) is 9.59 Å². The van der Waals surface area contributed by atoms with E-state index in [1.165, 1.54) is 154 Å². The molecule has 1 heterocycles. The van der Waals surface area contributed by atoms with E-state index >= 15 is 0 Å². The summed E-state index contributed by atoms with van der Waals surface area (Å²) in [7, 11) is 0. The SMILES string of the molecule is CCCCCCCCC(CCCCCCCC)OC(=O)CCCCCCCC(CCCCCCCC(=O)OC(CC)CCCCC)NC1CCCOCCC1. The Labute approximate surface area is 342 Å². The van der Waals surface area contributed by atoms with Crippen LogP contribution in [0.5, 0.6) is 0 Å². The molecule has 0 amide bonds. The molecule has 0 aromatic carbocycles. The van der Waals surface area contributed by atoms with Crippen molar-refractivity contribution in [1.29, 1.82) is 0 Å². The molecule has 1 aliphatic rings. The number of nitrogens with one attached hydrogen (secondary N) is 1. The number of ether oxygens (including phenoxy) is 3. The summed E-state index contributed by atoms with van der Waals surface area (Å²) in [6, 6.07) is 1.20. The van der Waals surface area contributed by atoms with Crippen molar-refractivity contribution in [2.24, 2.45) is 0 Å². The molecular formula is C49H95NO5. The van der Waals surface area contributed by atoms with Gasteiger partial charge in [-0.2, -0.15) is 0 Å². The molecule has 2 atom stereocenters. The van der Waals surface area contributed by atoms with E-state index in [1.54, 1.807) is 0 Å². The second kappa shape index (κ2) is 39.7. The Morgan fingerprint density at radius 3 is 1.33 bits per heavy atom. The second-order valence-electron chi connectivity index (χ2n) is 17.3. The lowest BCUT2D eigenvalue weighted by molar-refractivity contribution is -0.150. The third kappa shape index (κ3) is 33.5. The Hall–Kier alpha value is -1.14. The van der Waals surface area contributed by atoms with E-state index in [0.29, 0.717) is 24.9 Å². The minimum atomic E-state index is 0.00314. The van der Waals surface area contributed by atoms with Crippen LogP contribution in [0.15, 0.2) is 0 Å². The zero-order chi connectivity index (χ0) is 39.9. The Morgan fingerprint density at radius 1 is 0.491 bits per heavy atom. The number of esters is 2. The first-order chi connectivity index (χ1) is 27.0. The monoisotopic (exact) mass is 778 g/mol. The van der Waals surface area contributed by atoms with Crippen LogP contribution >= 0.6 is 0 Å². The maximum absolute atomic E-state index is 12.9. The van der Waals surface area contributed by atoms with Gasteiger partial charge in [-0.25, -0.2) is 0 Å². The van der Waals surface area contributed by atoms with Crippen LogP contribution in [-0.4, -0.2) is 49.4 Å². The summed E-state index contributed by atoms with van der Waals surface area (Å²) in [6.45, 7) is 10.7. The highest BCUT2D eigenvalue weighted by Gasteiger charge is 2.18. The fraction of sp³-hybridized carbons (Fsp3) is 0.959. The van der Waals surface area contributed by atoms with E-state index in [2.05, 4.69) is 33.0 Å². The van der Waals surface area contributed by atoms with Crippen LogP contribution in [0.1, 0.15) is 265 Å². The zero-order valence-corrected chi connectivity index (χ0v) is 37.4. The maximum atomic E-state index is 12.9. The Bertz CT molecular complexity index is 812. The zero-order valence-electron chi connectivity index (χ0n) is 37.4. The molecule has 0 radical (unpaired) electrons. The Balaban J connectivity index is 2.35. The van der Waals surface area contributed by atoms with Crippen LogP contribution in [0.4, 0.5) is 0 Å². The van der Waals surface area contributed by atoms with E-state index in [4.69, 9.17) is 14.2 Å². The summed E-state index contributed by atoms with van der Waals surface area (Å²) in [4.78, 5) is 25.2. The molecule has 6 heteroatoms. The molecule has 0 aliphatic carbocycles. The van der Waals surface area contributed by atoms with Crippen LogP contribution < -0.4 is 5.32 Å². The van der Waals surface area contributed by atoms with Crippen LogP contribution in [-0.2, 0) is 23.8 Å². The molecule has 1 aliphatic heterocycles. The first-order valence-corrected chi connectivity index (χ1v) is 24.7. The van der Waals surface area contributed by atoms with Crippen molar-refractivity contribution >= 4 is 11.9 Å². The molecule has 0 aromatic rings. The minimum absolute atomic E-state index is 0.00314. The van der Waals surface area contributed by atoms with E-state index in [1.807, 2.05) is 0 Å². The van der Waals surface area contributed by atoms with Gasteiger partial charge in [-0.1, -0.05) is 156 Å². The number of hydrogen-bond acceptors (Lipinski definition) is 6. The van der Waals surface area contributed by atoms with Crippen molar-refractivity contribution in [2.75, 3.05) is 13.2 Å². The summed E-state index contributed by atoms with van der Waals surface area (Å²) in [5, 5.41) is 4.09. The van der Waals surface area contributed by atoms with Crippen molar-refractivity contribution in [1.82, 2.24) is 5.32 Å². The fourth-order valence-corrected chi connectivity index (χ4v) is 8.33. The van der Waals surface area contributed by atoms with E-state index in [-0.39, 0.29) is 24.1 Å². The summed E-state index contributed by atoms with van der Waals surface area (Å²) >= 11 is 0. The van der Waals surface area contributed by atoms with Crippen LogP contribution in [0.25, 0.3) is 0 Å². The summed E-state index contributed by atoms with van der Waals surface area (Å²) in [5.41, 5.74) is 0. The van der Waals surface area contributed by atoms with Crippen LogP contribution in [0, 0.1) is 0 Å². The van der Waals surface area contributed by atoms with Gasteiger partial charge in [-0.05, 0) is 96.3 Å². The first-order valence-electron chi connectivity index (χ1n) is 24.7. The molecule has 0 aromatic heterocycles. The molecule has 1 saturated heterocycles. The van der Waals surface area contributed by atoms with Crippen molar-refractivity contribution in [3.8, 4) is 0 Å². The predicted molar refractivity (Wildman–Crippen MR) is 235 cm³/mol. The largest absolute Gasteiger partial charge is 0.462 e. The van der Waals surface area contributed by atoms with Crippen molar-refractivity contribution in [3.05, 3.63) is 0 Å². The van der Waals surface area contributed by atoms with Gasteiger partial charge >= 0.3 is 11.9 Å². The molecule has 6 nitrogen and oxygen atoms in total. The third-order valence-electron chi connectivity index (χ3n) is 12.0. The first kappa shape index (κ1) is 51.9. The Morgan fingerprint density at radius 2 is 0.855 bits per heavy atom. The van der Waals surface area contributed by atoms with Crippen LogP contribution in [0.2, 0.25) is 0 Å². The van der Waals surface area contributed by atoms with Crippen molar-refractivity contribution in [2.45, 2.75) is 290 Å². The molecule has 1 rings (SSSR count). The average Bonchev–Trinajstić information content (AvgIpc) is 3.16. The highest BCUT2D eigenvalue weighted by molar-refractivity contribution is 5.69. The van der Waals surface area contributed by atoms with Gasteiger partial charge in [0.1, 0.15) is 12.2 Å². The Kier molecular flexibility index (Phi) is 37.4. The maximum Gasteiger partial charge on any atom is 0.306 e. The second-order valence-corrected chi connectivity index (χ2v) is 17.3. The lowest BCUT2D eigenvalue weighted by Gasteiger charge is -2.27. The fourth-order valence-electron chi connectivity index (χ4n) is 8.33. The molecule has 2 unspecified atom stereocenters. The van der Waals surface area contributed by atoms with Gasteiger partial charge in [-0.15, -0.1) is 0 Å². The normalized spacial score (nSPS) is 15.1. The average molecular weight is 778 g/mol. The van der Waals surface area contributed by atoms with Crippen molar-refractivity contribution < 1.29 is 23.8 Å². The smallest absolute Gasteiger partial charge is 0.306 e. The van der Waals surface area contributed by atoms with Gasteiger partial charge in [0, 0.05) is 38.1 Å². The standard InChI is InChI=1S/C49H95NO5/c1-5-9-12-14-20-27-38-47(39-28-21-15-13-10-6-2)55-49(52)41-30-23-17-19-26-34-44(50-45-35-31-42-53-43-32-36-45)33-25-18-16-22-29-40-48(51)54-46(8-4)37-24-11-7-3/h44-47,50H,5-43H2,1-4H3. The number of carbonyl (C=O) groups is 2. The van der Waals surface area contributed by atoms with Gasteiger partial charge in [0.05, 0.1) is 0 Å². The highest BCUT2D eigenvalue weighted by atomic mass is 16.5. The van der Waals surface area contributed by atoms with Crippen LogP contribution in [0.3, 0.4) is 0 Å². The quantitative estimate of drug-likeness (QED) is 0.0495. The number of hydrogen-bond donors (Lipinski definition) is 1. The van der Waals surface area contributed by atoms with Gasteiger partial charge in [0.2, 0.25) is 0 Å². The number of rotatable bonds is 39. The van der Waals surface area contributed by atoms with E-state index in [0.717, 1.165) is 83.8 Å². The van der Waals surface area contributed by atoms with Gasteiger partial charge < -0.3 is 19.5 Å². The molecular weight excluding hydrogens is 683 g/mol. The van der Waals surface area contributed by atoms with Crippen molar-refractivity contribution in [3.63, 3.8) is 0 Å². The predicted octanol–water partition coefficient (Wildman–Crippen LogP) is 14.7. The minimum Gasteiger partial charge on any atom is -0.462 e. The summed E-state index contributed by atoms with van der Waals surface area (Å²) < 4.78 is 17.6. The molecule has 0 spiro atoms. The highest BCUT2D eigenvalue weighted by Crippen LogP contribution is 2.21. The number of carbonyl (C=O) groups excluding carboxylic acids is 2. The van der Waals surface area contributed by atoms with Gasteiger partial charge in [0.25, 0.3) is 0 Å². The lowest BCUT2D eigenvalue weighted by atomic mass is 9.97. The van der Waals surface area contributed by atoms with Gasteiger partial charge in [0.15, 0.2) is 0 Å². The van der Waals surface area contributed by atoms with E-state index < -0.39 is 0 Å². The summed E-state index contributed by atoms with van der Waals surface area (Å²) in [6.07, 6.45) is 43.3. The molecule has 1 N–H and O–H groups in total. The molecule has 55 heavy (non-hydrogen) atoms. The molecule has 1 fully saturated rings.